The minimum atomic E-state index is 0.114. The largest absolute Gasteiger partial charge is 0.395 e. The number of aliphatic hydroxyl groups excluding tert-OH is 1. The van der Waals surface area contributed by atoms with Gasteiger partial charge in [0.2, 0.25) is 5.91 Å². The lowest BCUT2D eigenvalue weighted by Crippen LogP contribution is -2.48. The Morgan fingerprint density at radius 2 is 2.43 bits per heavy atom. The Balaban J connectivity index is 1.95. The van der Waals surface area contributed by atoms with E-state index < -0.39 is 0 Å². The fraction of sp³-hybridized carbons (Fsp3) is 0.562. The third kappa shape index (κ3) is 4.66. The van der Waals surface area contributed by atoms with Crippen LogP contribution in [0.25, 0.3) is 0 Å². The fourth-order valence-electron chi connectivity index (χ4n) is 2.75. The van der Waals surface area contributed by atoms with Gasteiger partial charge in [-0.05, 0) is 30.8 Å². The predicted octanol–water partition coefficient (Wildman–Crippen LogP) is 2.11. The van der Waals surface area contributed by atoms with Crippen LogP contribution in [0.15, 0.2) is 30.2 Å². The maximum Gasteiger partial charge on any atom is 0.237 e. The molecule has 1 aromatic rings. The molecule has 1 aliphatic heterocycles. The Hall–Kier alpha value is -1.17. The zero-order chi connectivity index (χ0) is 15.1. The summed E-state index contributed by atoms with van der Waals surface area (Å²) in [6.07, 6.45) is 5.00. The summed E-state index contributed by atoms with van der Waals surface area (Å²) in [5, 5.41) is 11.5. The summed E-state index contributed by atoms with van der Waals surface area (Å²) in [6, 6.07) is 4.18. The van der Waals surface area contributed by atoms with Crippen molar-refractivity contribution in [2.24, 2.45) is 0 Å². The number of amides is 1. The van der Waals surface area contributed by atoms with Gasteiger partial charge in [-0.15, -0.1) is 17.9 Å². The molecule has 4 nitrogen and oxygen atoms in total. The third-order valence-electron chi connectivity index (χ3n) is 3.93. The molecular formula is C16H24N2O2S. The average Bonchev–Trinajstić information content (AvgIpc) is 3.00. The van der Waals surface area contributed by atoms with Crippen molar-refractivity contribution in [3.8, 4) is 0 Å². The molecule has 0 spiro atoms. The number of hydrogen-bond acceptors (Lipinski definition) is 4. The minimum Gasteiger partial charge on any atom is -0.395 e. The molecule has 1 saturated heterocycles. The first kappa shape index (κ1) is 16.2. The van der Waals surface area contributed by atoms with Gasteiger partial charge in [-0.2, -0.15) is 0 Å². The van der Waals surface area contributed by atoms with Gasteiger partial charge in [-0.1, -0.05) is 18.6 Å². The molecule has 1 amide bonds. The lowest BCUT2D eigenvalue weighted by atomic mass is 10.0. The number of rotatable bonds is 7. The molecule has 1 unspecified atom stereocenters. The van der Waals surface area contributed by atoms with E-state index in [1.54, 1.807) is 17.4 Å². The Bertz CT molecular complexity index is 447. The molecule has 0 aliphatic carbocycles. The summed E-state index contributed by atoms with van der Waals surface area (Å²) in [5.41, 5.74) is 0. The molecule has 1 aromatic heterocycles. The van der Waals surface area contributed by atoms with Gasteiger partial charge >= 0.3 is 0 Å². The van der Waals surface area contributed by atoms with Crippen molar-refractivity contribution in [3.63, 3.8) is 0 Å². The quantitative estimate of drug-likeness (QED) is 0.785. The first-order chi connectivity index (χ1) is 10.2. The fourth-order valence-corrected chi connectivity index (χ4v) is 3.47. The van der Waals surface area contributed by atoms with Crippen molar-refractivity contribution in [2.75, 3.05) is 26.2 Å². The predicted molar refractivity (Wildman–Crippen MR) is 86.2 cm³/mol. The molecule has 2 heterocycles. The number of nitrogens with zero attached hydrogens (tertiary/aromatic N) is 2. The highest BCUT2D eigenvalue weighted by Gasteiger charge is 2.25. The zero-order valence-electron chi connectivity index (χ0n) is 12.4. The Morgan fingerprint density at radius 3 is 3.10 bits per heavy atom. The monoisotopic (exact) mass is 308 g/mol. The van der Waals surface area contributed by atoms with Crippen LogP contribution in [0.4, 0.5) is 0 Å². The third-order valence-corrected chi connectivity index (χ3v) is 4.79. The summed E-state index contributed by atoms with van der Waals surface area (Å²) in [7, 11) is 0. The summed E-state index contributed by atoms with van der Waals surface area (Å²) < 4.78 is 0. The van der Waals surface area contributed by atoms with E-state index in [4.69, 9.17) is 0 Å². The topological polar surface area (TPSA) is 43.8 Å². The van der Waals surface area contributed by atoms with Crippen molar-refractivity contribution < 1.29 is 9.90 Å². The van der Waals surface area contributed by atoms with Gasteiger partial charge in [0.1, 0.15) is 0 Å². The number of aliphatic hydroxyl groups is 1. The maximum atomic E-state index is 12.5. The van der Waals surface area contributed by atoms with E-state index in [0.717, 1.165) is 25.8 Å². The van der Waals surface area contributed by atoms with Gasteiger partial charge in [-0.25, -0.2) is 0 Å². The summed E-state index contributed by atoms with van der Waals surface area (Å²) in [4.78, 5) is 17.7. The van der Waals surface area contributed by atoms with Gasteiger partial charge in [0.25, 0.3) is 0 Å². The van der Waals surface area contributed by atoms with E-state index >= 15 is 0 Å². The minimum absolute atomic E-state index is 0.114. The van der Waals surface area contributed by atoms with Crippen molar-refractivity contribution >= 4 is 17.2 Å². The molecule has 0 aromatic carbocycles. The Kier molecular flexibility index (Phi) is 6.42. The Morgan fingerprint density at radius 1 is 1.57 bits per heavy atom. The van der Waals surface area contributed by atoms with E-state index in [1.807, 2.05) is 22.4 Å². The van der Waals surface area contributed by atoms with E-state index in [-0.39, 0.29) is 18.6 Å². The van der Waals surface area contributed by atoms with Gasteiger partial charge in [-0.3, -0.25) is 9.69 Å². The Labute approximate surface area is 130 Å². The molecule has 116 valence electrons. The van der Waals surface area contributed by atoms with E-state index in [0.29, 0.717) is 19.6 Å². The molecule has 21 heavy (non-hydrogen) atoms. The summed E-state index contributed by atoms with van der Waals surface area (Å²) >= 11 is 1.66. The van der Waals surface area contributed by atoms with Gasteiger partial charge in [0, 0.05) is 17.5 Å². The molecule has 2 rings (SSSR count). The van der Waals surface area contributed by atoms with Crippen molar-refractivity contribution in [2.45, 2.75) is 31.8 Å². The van der Waals surface area contributed by atoms with Crippen LogP contribution in [0.5, 0.6) is 0 Å². The molecule has 1 aliphatic rings. The molecule has 0 bridgehead atoms. The SMILES string of the molecule is C=CCN(Cc1cccs1)C(=O)CN1CCCCC1CO. The first-order valence-electron chi connectivity index (χ1n) is 7.50. The van der Waals surface area contributed by atoms with Crippen LogP contribution in [-0.2, 0) is 11.3 Å². The molecule has 0 radical (unpaired) electrons. The summed E-state index contributed by atoms with van der Waals surface area (Å²) in [6.45, 7) is 6.38. The van der Waals surface area contributed by atoms with Crippen molar-refractivity contribution in [3.05, 3.63) is 35.0 Å². The van der Waals surface area contributed by atoms with Crippen LogP contribution in [0.1, 0.15) is 24.1 Å². The molecule has 5 heteroatoms. The van der Waals surface area contributed by atoms with E-state index in [9.17, 15) is 9.90 Å². The molecule has 1 fully saturated rings. The highest BCUT2D eigenvalue weighted by atomic mass is 32.1. The standard InChI is InChI=1S/C16H24N2O2S/c1-2-8-18(11-15-7-5-10-21-15)16(20)12-17-9-4-3-6-14(17)13-19/h2,5,7,10,14,19H,1,3-4,6,8-9,11-13H2. The summed E-state index contributed by atoms with van der Waals surface area (Å²) in [5.74, 6) is 0.114. The normalized spacial score (nSPS) is 19.4. The van der Waals surface area contributed by atoms with Crippen LogP contribution in [0, 0.1) is 0 Å². The van der Waals surface area contributed by atoms with Gasteiger partial charge in [0.15, 0.2) is 0 Å². The number of thiophene rings is 1. The smallest absolute Gasteiger partial charge is 0.237 e. The molecule has 1 N–H and O–H groups in total. The number of carbonyl (C=O) groups is 1. The lowest BCUT2D eigenvalue weighted by Gasteiger charge is -2.35. The highest BCUT2D eigenvalue weighted by molar-refractivity contribution is 7.09. The van der Waals surface area contributed by atoms with Gasteiger partial charge in [0.05, 0.1) is 19.7 Å². The number of likely N-dealkylation sites (tertiary alicyclic amines) is 1. The molecule has 0 saturated carbocycles. The van der Waals surface area contributed by atoms with E-state index in [2.05, 4.69) is 11.5 Å². The highest BCUT2D eigenvalue weighted by Crippen LogP contribution is 2.17. The average molecular weight is 308 g/mol. The molecule has 1 atom stereocenters. The zero-order valence-corrected chi connectivity index (χ0v) is 13.2. The van der Waals surface area contributed by atoms with Gasteiger partial charge < -0.3 is 10.0 Å². The number of hydrogen-bond donors (Lipinski definition) is 1. The number of carbonyl (C=O) groups excluding carboxylic acids is 1. The molecular weight excluding hydrogens is 284 g/mol. The van der Waals surface area contributed by atoms with Crippen LogP contribution in [-0.4, -0.2) is 53.1 Å². The number of piperidine rings is 1. The first-order valence-corrected chi connectivity index (χ1v) is 8.38. The van der Waals surface area contributed by atoms with Crippen LogP contribution in [0.3, 0.4) is 0 Å². The van der Waals surface area contributed by atoms with Crippen LogP contribution in [0.2, 0.25) is 0 Å². The second-order valence-electron chi connectivity index (χ2n) is 5.44. The second kappa shape index (κ2) is 8.32. The van der Waals surface area contributed by atoms with Crippen LogP contribution >= 0.6 is 11.3 Å². The maximum absolute atomic E-state index is 12.5. The lowest BCUT2D eigenvalue weighted by molar-refractivity contribution is -0.133. The van der Waals surface area contributed by atoms with E-state index in [1.165, 1.54) is 4.88 Å². The second-order valence-corrected chi connectivity index (χ2v) is 6.48. The van der Waals surface area contributed by atoms with Crippen molar-refractivity contribution in [1.29, 1.82) is 0 Å². The van der Waals surface area contributed by atoms with Crippen molar-refractivity contribution in [1.82, 2.24) is 9.80 Å². The van der Waals surface area contributed by atoms with Crippen LogP contribution < -0.4 is 0 Å².